The predicted octanol–water partition coefficient (Wildman–Crippen LogP) is 3.31. The number of sulfonamides is 1. The van der Waals surface area contributed by atoms with Crippen molar-refractivity contribution in [2.24, 2.45) is 5.92 Å². The quantitative estimate of drug-likeness (QED) is 0.443. The van der Waals surface area contributed by atoms with Crippen molar-refractivity contribution in [2.45, 2.75) is 33.4 Å². The number of hydrogen-bond acceptors (Lipinski definition) is 6. The van der Waals surface area contributed by atoms with Gasteiger partial charge >= 0.3 is 0 Å². The molecule has 0 heterocycles. The van der Waals surface area contributed by atoms with Gasteiger partial charge in [0.25, 0.3) is 0 Å². The van der Waals surface area contributed by atoms with Gasteiger partial charge in [0.1, 0.15) is 24.1 Å². The number of rotatable bonds is 12. The van der Waals surface area contributed by atoms with Gasteiger partial charge < -0.3 is 19.7 Å². The van der Waals surface area contributed by atoms with Gasteiger partial charge in [0, 0.05) is 18.1 Å². The molecule has 2 amide bonds. The number of anilines is 1. The number of benzene rings is 2. The van der Waals surface area contributed by atoms with Gasteiger partial charge in [-0.2, -0.15) is 0 Å². The summed E-state index contributed by atoms with van der Waals surface area (Å²) in [5.41, 5.74) is 0.844. The number of nitrogens with zero attached hydrogens (tertiary/aromatic N) is 2. The SMILES string of the molecule is COc1cccc(CN(C(=O)CN(c2cc(Cl)ccc2OC)S(C)(=O)=O)C(C)C(=O)NCC(C)C)c1. The van der Waals surface area contributed by atoms with Crippen LogP contribution in [0.3, 0.4) is 0 Å². The van der Waals surface area contributed by atoms with Gasteiger partial charge in [-0.3, -0.25) is 13.9 Å². The zero-order chi connectivity index (χ0) is 27.0. The van der Waals surface area contributed by atoms with Gasteiger partial charge in [-0.05, 0) is 48.7 Å². The van der Waals surface area contributed by atoms with E-state index in [1.807, 2.05) is 13.8 Å². The fourth-order valence-electron chi connectivity index (χ4n) is 3.46. The van der Waals surface area contributed by atoms with E-state index in [1.165, 1.54) is 31.3 Å². The molecule has 198 valence electrons. The maximum absolute atomic E-state index is 13.6. The van der Waals surface area contributed by atoms with Crippen molar-refractivity contribution in [3.63, 3.8) is 0 Å². The lowest BCUT2D eigenvalue weighted by atomic mass is 10.1. The summed E-state index contributed by atoms with van der Waals surface area (Å²) in [5.74, 6) is 0.140. The Morgan fingerprint density at radius 3 is 2.33 bits per heavy atom. The van der Waals surface area contributed by atoms with Crippen LogP contribution in [0.4, 0.5) is 5.69 Å². The van der Waals surface area contributed by atoms with Crippen molar-refractivity contribution in [1.82, 2.24) is 10.2 Å². The van der Waals surface area contributed by atoms with Gasteiger partial charge in [-0.1, -0.05) is 37.6 Å². The molecular weight excluding hydrogens is 506 g/mol. The Hall–Kier alpha value is -2.98. The highest BCUT2D eigenvalue weighted by atomic mass is 35.5. The fourth-order valence-corrected chi connectivity index (χ4v) is 4.47. The Balaban J connectivity index is 2.45. The summed E-state index contributed by atoms with van der Waals surface area (Å²) in [6.45, 7) is 5.49. The first-order valence-corrected chi connectivity index (χ1v) is 13.6. The summed E-state index contributed by atoms with van der Waals surface area (Å²) in [6.07, 6.45) is 0.992. The number of hydrogen-bond donors (Lipinski definition) is 1. The van der Waals surface area contributed by atoms with Crippen LogP contribution in [-0.4, -0.2) is 64.7 Å². The van der Waals surface area contributed by atoms with Crippen molar-refractivity contribution < 1.29 is 27.5 Å². The van der Waals surface area contributed by atoms with Crippen LogP contribution < -0.4 is 19.1 Å². The van der Waals surface area contributed by atoms with Gasteiger partial charge in [-0.15, -0.1) is 0 Å². The first kappa shape index (κ1) is 29.3. The summed E-state index contributed by atoms with van der Waals surface area (Å²) >= 11 is 6.12. The summed E-state index contributed by atoms with van der Waals surface area (Å²) in [4.78, 5) is 27.9. The highest BCUT2D eigenvalue weighted by molar-refractivity contribution is 7.92. The Kier molecular flexibility index (Phi) is 10.4. The van der Waals surface area contributed by atoms with Gasteiger partial charge in [0.2, 0.25) is 21.8 Å². The Bertz CT molecular complexity index is 1170. The van der Waals surface area contributed by atoms with E-state index in [2.05, 4.69) is 5.32 Å². The molecule has 0 fully saturated rings. The van der Waals surface area contributed by atoms with Crippen LogP contribution in [-0.2, 0) is 26.2 Å². The number of nitrogens with one attached hydrogen (secondary N) is 1. The van der Waals surface area contributed by atoms with Crippen molar-refractivity contribution in [2.75, 3.05) is 37.9 Å². The second-order valence-electron chi connectivity index (χ2n) is 8.77. The van der Waals surface area contributed by atoms with E-state index < -0.39 is 28.5 Å². The van der Waals surface area contributed by atoms with E-state index in [1.54, 1.807) is 37.3 Å². The minimum absolute atomic E-state index is 0.0661. The molecule has 0 saturated heterocycles. The van der Waals surface area contributed by atoms with Crippen molar-refractivity contribution >= 4 is 39.1 Å². The molecule has 1 atom stereocenters. The Morgan fingerprint density at radius 1 is 1.06 bits per heavy atom. The number of carbonyl (C=O) groups excluding carboxylic acids is 2. The van der Waals surface area contributed by atoms with E-state index >= 15 is 0 Å². The lowest BCUT2D eigenvalue weighted by Crippen LogP contribution is -2.51. The van der Waals surface area contributed by atoms with E-state index in [-0.39, 0.29) is 34.8 Å². The maximum atomic E-state index is 13.6. The number of carbonyl (C=O) groups is 2. The molecule has 0 saturated carbocycles. The standard InChI is InChI=1S/C25H34ClN3O6S/c1-17(2)14-27-25(31)18(3)28(15-19-8-7-9-21(12-19)34-4)24(30)16-29(36(6,32)33)22-13-20(26)10-11-23(22)35-5/h7-13,17-18H,14-16H2,1-6H3,(H,27,31). The molecule has 1 N–H and O–H groups in total. The summed E-state index contributed by atoms with van der Waals surface area (Å²) in [6, 6.07) is 10.7. The van der Waals surface area contributed by atoms with E-state index in [4.69, 9.17) is 21.1 Å². The van der Waals surface area contributed by atoms with Crippen LogP contribution in [0.1, 0.15) is 26.3 Å². The minimum Gasteiger partial charge on any atom is -0.497 e. The van der Waals surface area contributed by atoms with Crippen LogP contribution in [0.25, 0.3) is 0 Å². The third kappa shape index (κ3) is 8.03. The molecule has 2 aromatic rings. The van der Waals surface area contributed by atoms with Crippen LogP contribution in [0.2, 0.25) is 5.02 Å². The van der Waals surface area contributed by atoms with E-state index in [0.29, 0.717) is 12.3 Å². The second-order valence-corrected chi connectivity index (χ2v) is 11.1. The minimum atomic E-state index is -3.92. The average molecular weight is 540 g/mol. The molecule has 2 aromatic carbocycles. The molecular formula is C25H34ClN3O6S. The Morgan fingerprint density at radius 2 is 1.75 bits per heavy atom. The lowest BCUT2D eigenvalue weighted by Gasteiger charge is -2.32. The van der Waals surface area contributed by atoms with E-state index in [0.717, 1.165) is 16.1 Å². The van der Waals surface area contributed by atoms with Crippen LogP contribution in [0.15, 0.2) is 42.5 Å². The van der Waals surface area contributed by atoms with Gasteiger partial charge in [0.15, 0.2) is 0 Å². The molecule has 0 aromatic heterocycles. The molecule has 1 unspecified atom stereocenters. The first-order valence-electron chi connectivity index (χ1n) is 11.4. The average Bonchev–Trinajstić information content (AvgIpc) is 2.83. The highest BCUT2D eigenvalue weighted by Crippen LogP contribution is 2.33. The lowest BCUT2D eigenvalue weighted by molar-refractivity contribution is -0.139. The normalized spacial score (nSPS) is 12.1. The molecule has 0 bridgehead atoms. The molecule has 11 heteroatoms. The maximum Gasteiger partial charge on any atom is 0.244 e. The molecule has 0 radical (unpaired) electrons. The first-order chi connectivity index (χ1) is 16.9. The zero-order valence-corrected chi connectivity index (χ0v) is 23.0. The van der Waals surface area contributed by atoms with Crippen molar-refractivity contribution in [1.29, 1.82) is 0 Å². The van der Waals surface area contributed by atoms with Gasteiger partial charge in [0.05, 0.1) is 26.2 Å². The summed E-state index contributed by atoms with van der Waals surface area (Å²) < 4.78 is 37.0. The molecule has 0 aliphatic carbocycles. The van der Waals surface area contributed by atoms with Crippen molar-refractivity contribution in [3.05, 3.63) is 53.1 Å². The Labute approximate surface area is 218 Å². The van der Waals surface area contributed by atoms with Crippen molar-refractivity contribution in [3.8, 4) is 11.5 Å². The largest absolute Gasteiger partial charge is 0.497 e. The molecule has 0 aliphatic rings. The summed E-state index contributed by atoms with van der Waals surface area (Å²) in [7, 11) is -0.992. The van der Waals surface area contributed by atoms with Gasteiger partial charge in [-0.25, -0.2) is 8.42 Å². The summed E-state index contributed by atoms with van der Waals surface area (Å²) in [5, 5.41) is 3.12. The monoisotopic (exact) mass is 539 g/mol. The van der Waals surface area contributed by atoms with Crippen LogP contribution >= 0.6 is 11.6 Å². The van der Waals surface area contributed by atoms with Crippen LogP contribution in [0.5, 0.6) is 11.5 Å². The molecule has 36 heavy (non-hydrogen) atoms. The molecule has 0 aliphatic heterocycles. The predicted molar refractivity (Wildman–Crippen MR) is 141 cm³/mol. The highest BCUT2D eigenvalue weighted by Gasteiger charge is 2.31. The fraction of sp³-hybridized carbons (Fsp3) is 0.440. The molecule has 2 rings (SSSR count). The zero-order valence-electron chi connectivity index (χ0n) is 21.4. The number of amides is 2. The van der Waals surface area contributed by atoms with Crippen LogP contribution in [0, 0.1) is 5.92 Å². The topological polar surface area (TPSA) is 105 Å². The molecule has 9 nitrogen and oxygen atoms in total. The second kappa shape index (κ2) is 12.8. The smallest absolute Gasteiger partial charge is 0.244 e. The number of ether oxygens (including phenoxy) is 2. The number of halogens is 1. The molecule has 0 spiro atoms. The van der Waals surface area contributed by atoms with E-state index in [9.17, 15) is 18.0 Å². The third-order valence-electron chi connectivity index (χ3n) is 5.43. The third-order valence-corrected chi connectivity index (χ3v) is 6.79. The number of methoxy groups -OCH3 is 2.